The van der Waals surface area contributed by atoms with Gasteiger partial charge in [-0.3, -0.25) is 4.99 Å². The first kappa shape index (κ1) is 10.1. The highest BCUT2D eigenvalue weighted by atomic mass is 15.0. The Morgan fingerprint density at radius 3 is 2.55 bits per heavy atom. The molecule has 0 heterocycles. The molecule has 0 unspecified atom stereocenters. The zero-order chi connectivity index (χ0) is 8.69. The maximum atomic E-state index is 3.94. The average molecular weight is 152 g/mol. The van der Waals surface area contributed by atoms with E-state index in [0.29, 0.717) is 0 Å². The van der Waals surface area contributed by atoms with Gasteiger partial charge in [0.25, 0.3) is 0 Å². The molecule has 0 saturated heterocycles. The molecule has 0 aliphatic carbocycles. The second kappa shape index (κ2) is 5.86. The first-order valence-corrected chi connectivity index (χ1v) is 3.59. The topological polar surface area (TPSA) is 15.6 Å². The van der Waals surface area contributed by atoms with Crippen LogP contribution in [0.3, 0.4) is 0 Å². The molecule has 0 amide bonds. The van der Waals surface area contributed by atoms with Crippen LogP contribution in [0, 0.1) is 0 Å². The van der Waals surface area contributed by atoms with E-state index in [1.165, 1.54) is 5.57 Å². The van der Waals surface area contributed by atoms with Gasteiger partial charge in [0, 0.05) is 19.8 Å². The van der Waals surface area contributed by atoms with Crippen molar-refractivity contribution < 1.29 is 0 Å². The lowest BCUT2D eigenvalue weighted by Crippen LogP contribution is -2.15. The number of nitrogens with zero attached hydrogens (tertiary/aromatic N) is 2. The number of aliphatic imine (C=N–C) groups is 1. The summed E-state index contributed by atoms with van der Waals surface area (Å²) < 4.78 is 0. The Morgan fingerprint density at radius 2 is 2.18 bits per heavy atom. The third-order valence-corrected chi connectivity index (χ3v) is 1.13. The second-order valence-corrected chi connectivity index (χ2v) is 2.60. The summed E-state index contributed by atoms with van der Waals surface area (Å²) in [5, 5.41) is 0. The Morgan fingerprint density at radius 1 is 1.55 bits per heavy atom. The van der Waals surface area contributed by atoms with Crippen LogP contribution in [0.2, 0.25) is 0 Å². The molecule has 0 bridgehead atoms. The lowest BCUT2D eigenvalue weighted by molar-refractivity contribution is 0.451. The lowest BCUT2D eigenvalue weighted by atomic mass is 10.2. The molecule has 11 heavy (non-hydrogen) atoms. The van der Waals surface area contributed by atoms with Crippen molar-refractivity contribution in [3.8, 4) is 0 Å². The van der Waals surface area contributed by atoms with E-state index in [1.807, 2.05) is 26.4 Å². The molecule has 0 N–H and O–H groups in total. The van der Waals surface area contributed by atoms with Gasteiger partial charge < -0.3 is 4.90 Å². The maximum absolute atomic E-state index is 3.94. The fourth-order valence-electron chi connectivity index (χ4n) is 0.819. The molecule has 0 aromatic carbocycles. The number of allylic oxidation sites excluding steroid dienone is 2. The van der Waals surface area contributed by atoms with E-state index in [9.17, 15) is 0 Å². The van der Waals surface area contributed by atoms with Crippen LogP contribution in [-0.4, -0.2) is 38.8 Å². The molecule has 62 valence electrons. The van der Waals surface area contributed by atoms with Gasteiger partial charge in [-0.25, -0.2) is 0 Å². The maximum Gasteiger partial charge on any atom is 0.0277 e. The summed E-state index contributed by atoms with van der Waals surface area (Å²) in [6.45, 7) is 4.54. The lowest BCUT2D eigenvalue weighted by Gasteiger charge is -2.08. The molecule has 0 saturated carbocycles. The largest absolute Gasteiger partial charge is 0.305 e. The second-order valence-electron chi connectivity index (χ2n) is 2.60. The van der Waals surface area contributed by atoms with Crippen LogP contribution >= 0.6 is 0 Å². The van der Waals surface area contributed by atoms with E-state index < -0.39 is 0 Å². The summed E-state index contributed by atoms with van der Waals surface area (Å²) in [7, 11) is 5.83. The van der Waals surface area contributed by atoms with Crippen LogP contribution in [0.1, 0.15) is 0 Å². The average Bonchev–Trinajstić information content (AvgIpc) is 1.87. The molecule has 2 nitrogen and oxygen atoms in total. The Bertz CT molecular complexity index is 166. The first-order valence-electron chi connectivity index (χ1n) is 3.59. The molecule has 0 spiro atoms. The van der Waals surface area contributed by atoms with Crippen molar-refractivity contribution in [2.24, 2.45) is 4.99 Å². The predicted molar refractivity (Wildman–Crippen MR) is 51.3 cm³/mol. The molecular weight excluding hydrogens is 136 g/mol. The molecular formula is C9H16N2. The van der Waals surface area contributed by atoms with Crippen LogP contribution in [0.15, 0.2) is 29.3 Å². The monoisotopic (exact) mass is 152 g/mol. The van der Waals surface area contributed by atoms with Gasteiger partial charge in [0.05, 0.1) is 0 Å². The van der Waals surface area contributed by atoms with Crippen LogP contribution in [0.25, 0.3) is 0 Å². The summed E-state index contributed by atoms with van der Waals surface area (Å²) in [6, 6.07) is 0. The van der Waals surface area contributed by atoms with Gasteiger partial charge in [0.1, 0.15) is 0 Å². The molecule has 0 aliphatic heterocycles. The fourth-order valence-corrected chi connectivity index (χ4v) is 0.819. The third kappa shape index (κ3) is 5.55. The van der Waals surface area contributed by atoms with Crippen molar-refractivity contribution in [1.29, 1.82) is 0 Å². The summed E-state index contributed by atoms with van der Waals surface area (Å²) in [4.78, 5) is 6.03. The predicted octanol–water partition coefficient (Wildman–Crippen LogP) is 1.36. The van der Waals surface area contributed by atoms with Gasteiger partial charge in [-0.15, -0.1) is 0 Å². The minimum atomic E-state index is 0.906. The molecule has 0 fully saturated rings. The van der Waals surface area contributed by atoms with Crippen LogP contribution in [0.4, 0.5) is 0 Å². The van der Waals surface area contributed by atoms with Gasteiger partial charge in [-0.05, 0) is 19.7 Å². The Kier molecular flexibility index (Phi) is 5.39. The number of rotatable bonds is 4. The number of hydrogen-bond acceptors (Lipinski definition) is 2. The normalized spacial score (nSPS) is 12.9. The standard InChI is InChI=1S/C9H16N2/c1-5-6-9(7-10-2)8-11(3)4/h5-7H,1,8H2,2-4H3/b9-6+,10-7-. The smallest absolute Gasteiger partial charge is 0.0277 e. The van der Waals surface area contributed by atoms with Crippen molar-refractivity contribution in [1.82, 2.24) is 4.90 Å². The summed E-state index contributed by atoms with van der Waals surface area (Å²) >= 11 is 0. The molecule has 0 radical (unpaired) electrons. The Hall–Kier alpha value is -0.890. The molecule has 0 rings (SSSR count). The highest BCUT2D eigenvalue weighted by molar-refractivity contribution is 5.79. The molecule has 0 aromatic heterocycles. The number of likely N-dealkylation sites (N-methyl/N-ethyl adjacent to an activating group) is 1. The highest BCUT2D eigenvalue weighted by Crippen LogP contribution is 1.92. The minimum Gasteiger partial charge on any atom is -0.305 e. The van der Waals surface area contributed by atoms with Gasteiger partial charge in [-0.1, -0.05) is 18.7 Å². The van der Waals surface area contributed by atoms with E-state index in [4.69, 9.17) is 0 Å². The van der Waals surface area contributed by atoms with Crippen molar-refractivity contribution in [3.05, 3.63) is 24.3 Å². The SMILES string of the molecule is C=C/C=C(\C=N/C)CN(C)C. The van der Waals surface area contributed by atoms with E-state index >= 15 is 0 Å². The van der Waals surface area contributed by atoms with Crippen LogP contribution < -0.4 is 0 Å². The van der Waals surface area contributed by atoms with Gasteiger partial charge in [-0.2, -0.15) is 0 Å². The molecule has 0 aromatic rings. The van der Waals surface area contributed by atoms with Crippen molar-refractivity contribution >= 4 is 6.21 Å². The molecule has 2 heteroatoms. The van der Waals surface area contributed by atoms with Crippen molar-refractivity contribution in [3.63, 3.8) is 0 Å². The zero-order valence-electron chi connectivity index (χ0n) is 7.54. The Balaban J connectivity index is 4.11. The van der Waals surface area contributed by atoms with Crippen molar-refractivity contribution in [2.45, 2.75) is 0 Å². The summed E-state index contributed by atoms with van der Waals surface area (Å²) in [6.07, 6.45) is 5.59. The van der Waals surface area contributed by atoms with Gasteiger partial charge in [0.15, 0.2) is 0 Å². The van der Waals surface area contributed by atoms with Crippen LogP contribution in [-0.2, 0) is 0 Å². The third-order valence-electron chi connectivity index (χ3n) is 1.13. The fraction of sp³-hybridized carbons (Fsp3) is 0.444. The van der Waals surface area contributed by atoms with Gasteiger partial charge in [0.2, 0.25) is 0 Å². The van der Waals surface area contributed by atoms with E-state index in [0.717, 1.165) is 6.54 Å². The molecule has 0 aliphatic rings. The zero-order valence-corrected chi connectivity index (χ0v) is 7.54. The summed E-state index contributed by atoms with van der Waals surface area (Å²) in [5.41, 5.74) is 1.17. The van der Waals surface area contributed by atoms with Gasteiger partial charge >= 0.3 is 0 Å². The van der Waals surface area contributed by atoms with E-state index in [2.05, 4.69) is 16.5 Å². The Labute approximate surface area is 68.9 Å². The van der Waals surface area contributed by atoms with Crippen LogP contribution in [0.5, 0.6) is 0 Å². The highest BCUT2D eigenvalue weighted by Gasteiger charge is 1.92. The minimum absolute atomic E-state index is 0.906. The number of hydrogen-bond donors (Lipinski definition) is 0. The van der Waals surface area contributed by atoms with E-state index in [-0.39, 0.29) is 0 Å². The first-order chi connectivity index (χ1) is 5.20. The quantitative estimate of drug-likeness (QED) is 0.438. The van der Waals surface area contributed by atoms with Crippen molar-refractivity contribution in [2.75, 3.05) is 27.7 Å². The van der Waals surface area contributed by atoms with E-state index in [1.54, 1.807) is 13.1 Å². The summed E-state index contributed by atoms with van der Waals surface area (Å²) in [5.74, 6) is 0. The molecule has 0 atom stereocenters.